The van der Waals surface area contributed by atoms with Crippen molar-refractivity contribution in [3.63, 3.8) is 0 Å². The number of rotatable bonds is 0. The lowest BCUT2D eigenvalue weighted by molar-refractivity contribution is 0.611. The minimum Gasteiger partial charge on any atom is -0.275 e. The molecule has 0 aromatic carbocycles. The van der Waals surface area contributed by atoms with Gasteiger partial charge in [-0.2, -0.15) is 5.10 Å². The van der Waals surface area contributed by atoms with Gasteiger partial charge in [-0.1, -0.05) is 0 Å². The average Bonchev–Trinajstić information content (AvgIpc) is 2.30. The summed E-state index contributed by atoms with van der Waals surface area (Å²) in [6.07, 6.45) is 4.23. The van der Waals surface area contributed by atoms with Crippen molar-refractivity contribution in [2.24, 2.45) is 7.05 Å². The summed E-state index contributed by atoms with van der Waals surface area (Å²) in [6, 6.07) is 0. The zero-order chi connectivity index (χ0) is 9.19. The molecule has 0 spiro atoms. The van der Waals surface area contributed by atoms with Crippen LogP contribution in [0.3, 0.4) is 0 Å². The number of sulfone groups is 1. The summed E-state index contributed by atoms with van der Waals surface area (Å²) in [5.74, 6) is 2.48. The zero-order valence-corrected chi connectivity index (χ0v) is 7.59. The summed E-state index contributed by atoms with van der Waals surface area (Å²) in [5.41, 5.74) is 0.600. The van der Waals surface area contributed by atoms with E-state index in [0.29, 0.717) is 5.56 Å². The van der Waals surface area contributed by atoms with Gasteiger partial charge in [-0.15, -0.1) is 0 Å². The van der Waals surface area contributed by atoms with Gasteiger partial charge in [0.15, 0.2) is 0 Å². The van der Waals surface area contributed by atoms with Gasteiger partial charge >= 0.3 is 0 Å². The lowest BCUT2D eigenvalue weighted by atomic mass is 10.4. The third-order valence-corrected chi connectivity index (χ3v) is 1.56. The van der Waals surface area contributed by atoms with Crippen LogP contribution in [0, 0.1) is 11.2 Å². The molecule has 1 rings (SSSR count). The lowest BCUT2D eigenvalue weighted by Gasteiger charge is -1.79. The van der Waals surface area contributed by atoms with Crippen molar-refractivity contribution in [2.45, 2.75) is 0 Å². The lowest BCUT2D eigenvalue weighted by Crippen LogP contribution is -1.88. The molecule has 12 heavy (non-hydrogen) atoms. The van der Waals surface area contributed by atoms with E-state index >= 15 is 0 Å². The van der Waals surface area contributed by atoms with Crippen LogP contribution in [0.4, 0.5) is 0 Å². The van der Waals surface area contributed by atoms with E-state index in [1.54, 1.807) is 17.9 Å². The zero-order valence-electron chi connectivity index (χ0n) is 6.77. The van der Waals surface area contributed by atoms with Crippen LogP contribution in [0.1, 0.15) is 5.56 Å². The van der Waals surface area contributed by atoms with E-state index in [-0.39, 0.29) is 0 Å². The molecule has 0 aliphatic heterocycles. The highest BCUT2D eigenvalue weighted by Crippen LogP contribution is 1.92. The predicted octanol–water partition coefficient (Wildman–Crippen LogP) is -0.226. The molecule has 0 saturated heterocycles. The second-order valence-corrected chi connectivity index (χ2v) is 4.15. The fraction of sp³-hybridized carbons (Fsp3) is 0.286. The summed E-state index contributed by atoms with van der Waals surface area (Å²) in [7, 11) is -1.47. The van der Waals surface area contributed by atoms with E-state index in [2.05, 4.69) is 16.3 Å². The Morgan fingerprint density at radius 2 is 2.25 bits per heavy atom. The van der Waals surface area contributed by atoms with Gasteiger partial charge in [0.2, 0.25) is 9.84 Å². The van der Waals surface area contributed by atoms with Gasteiger partial charge in [0.05, 0.1) is 18.0 Å². The Hall–Kier alpha value is -1.28. The highest BCUT2D eigenvalue weighted by Gasteiger charge is 1.93. The molecule has 4 nitrogen and oxygen atoms in total. The van der Waals surface area contributed by atoms with Crippen LogP contribution in [-0.4, -0.2) is 24.5 Å². The summed E-state index contributed by atoms with van der Waals surface area (Å²) < 4.78 is 22.8. The SMILES string of the molecule is Cn1cc(C#CS(C)(=O)=O)cn1. The summed E-state index contributed by atoms with van der Waals surface area (Å²) in [4.78, 5) is 0. The van der Waals surface area contributed by atoms with Crippen LogP contribution >= 0.6 is 0 Å². The molecule has 0 aliphatic carbocycles. The number of nitrogens with zero attached hydrogens (tertiary/aromatic N) is 2. The van der Waals surface area contributed by atoms with Crippen molar-refractivity contribution < 1.29 is 8.42 Å². The van der Waals surface area contributed by atoms with Crippen LogP contribution in [0.15, 0.2) is 12.4 Å². The largest absolute Gasteiger partial charge is 0.275 e. The van der Waals surface area contributed by atoms with Crippen molar-refractivity contribution >= 4 is 9.84 Å². The number of aromatic nitrogens is 2. The second kappa shape index (κ2) is 2.99. The van der Waals surface area contributed by atoms with Crippen molar-refractivity contribution in [1.29, 1.82) is 0 Å². The maximum Gasteiger partial charge on any atom is 0.214 e. The minimum absolute atomic E-state index is 0.600. The molecule has 5 heteroatoms. The van der Waals surface area contributed by atoms with Gasteiger partial charge in [-0.25, -0.2) is 8.42 Å². The molecular weight excluding hydrogens is 176 g/mol. The monoisotopic (exact) mass is 184 g/mol. The van der Waals surface area contributed by atoms with Gasteiger partial charge in [0.1, 0.15) is 0 Å². The van der Waals surface area contributed by atoms with Gasteiger partial charge in [-0.3, -0.25) is 4.68 Å². The smallest absolute Gasteiger partial charge is 0.214 e. The van der Waals surface area contributed by atoms with Crippen molar-refractivity contribution in [3.05, 3.63) is 18.0 Å². The molecule has 1 aromatic heterocycles. The average molecular weight is 184 g/mol. The van der Waals surface area contributed by atoms with Crippen molar-refractivity contribution in [3.8, 4) is 11.2 Å². The highest BCUT2D eigenvalue weighted by molar-refractivity contribution is 7.95. The van der Waals surface area contributed by atoms with Crippen LogP contribution in [0.5, 0.6) is 0 Å². The Morgan fingerprint density at radius 3 is 2.67 bits per heavy atom. The molecule has 0 radical (unpaired) electrons. The fourth-order valence-corrected chi connectivity index (χ4v) is 0.941. The summed E-state index contributed by atoms with van der Waals surface area (Å²) in [6.45, 7) is 0. The fourth-order valence-electron chi connectivity index (χ4n) is 0.637. The van der Waals surface area contributed by atoms with Crippen LogP contribution in [0.25, 0.3) is 0 Å². The van der Waals surface area contributed by atoms with E-state index in [4.69, 9.17) is 0 Å². The van der Waals surface area contributed by atoms with E-state index in [1.807, 2.05) is 0 Å². The molecule has 1 aromatic rings. The molecule has 0 amide bonds. The number of hydrogen-bond donors (Lipinski definition) is 0. The molecule has 1 heterocycles. The van der Waals surface area contributed by atoms with E-state index < -0.39 is 9.84 Å². The van der Waals surface area contributed by atoms with E-state index in [0.717, 1.165) is 6.26 Å². The predicted molar refractivity (Wildman–Crippen MR) is 44.9 cm³/mol. The van der Waals surface area contributed by atoms with E-state index in [9.17, 15) is 8.42 Å². The van der Waals surface area contributed by atoms with Gasteiger partial charge < -0.3 is 0 Å². The Labute approximate surface area is 71.1 Å². The Balaban J connectivity index is 2.95. The Kier molecular flexibility index (Phi) is 2.20. The highest BCUT2D eigenvalue weighted by atomic mass is 32.2. The summed E-state index contributed by atoms with van der Waals surface area (Å²) in [5, 5.41) is 5.96. The molecule has 0 bridgehead atoms. The third kappa shape index (κ3) is 2.76. The molecule has 0 fully saturated rings. The molecule has 0 aliphatic rings. The maximum absolute atomic E-state index is 10.6. The van der Waals surface area contributed by atoms with E-state index in [1.165, 1.54) is 6.20 Å². The Morgan fingerprint density at radius 1 is 1.58 bits per heavy atom. The first-order valence-electron chi connectivity index (χ1n) is 3.19. The number of hydrogen-bond acceptors (Lipinski definition) is 3. The van der Waals surface area contributed by atoms with Crippen LogP contribution in [-0.2, 0) is 16.9 Å². The van der Waals surface area contributed by atoms with Crippen molar-refractivity contribution in [1.82, 2.24) is 9.78 Å². The Bertz CT molecular complexity index is 433. The third-order valence-electron chi connectivity index (χ3n) is 1.09. The number of aryl methyl sites for hydroxylation is 1. The van der Waals surface area contributed by atoms with Crippen LogP contribution < -0.4 is 0 Å². The molecule has 0 N–H and O–H groups in total. The first-order chi connectivity index (χ1) is 5.47. The minimum atomic E-state index is -3.21. The van der Waals surface area contributed by atoms with Gasteiger partial charge in [-0.05, 0) is 5.92 Å². The second-order valence-electron chi connectivity index (χ2n) is 2.40. The maximum atomic E-state index is 10.6. The van der Waals surface area contributed by atoms with Gasteiger partial charge in [0.25, 0.3) is 0 Å². The van der Waals surface area contributed by atoms with Gasteiger partial charge in [0, 0.05) is 18.5 Å². The van der Waals surface area contributed by atoms with Crippen LogP contribution in [0.2, 0.25) is 0 Å². The topological polar surface area (TPSA) is 52.0 Å². The first-order valence-corrected chi connectivity index (χ1v) is 5.08. The normalized spacial score (nSPS) is 10.5. The molecule has 0 unspecified atom stereocenters. The molecule has 0 atom stereocenters. The summed E-state index contributed by atoms with van der Waals surface area (Å²) >= 11 is 0. The van der Waals surface area contributed by atoms with Crippen molar-refractivity contribution in [2.75, 3.05) is 6.26 Å². The standard InChI is InChI=1S/C7H8N2O2S/c1-9-6-7(5-8-9)3-4-12(2,10)11/h5-6H,1-2H3. The molecular formula is C7H8N2O2S. The quantitative estimate of drug-likeness (QED) is 0.523. The molecule has 64 valence electrons. The molecule has 0 saturated carbocycles. The first kappa shape index (κ1) is 8.81.